The van der Waals surface area contributed by atoms with Gasteiger partial charge in [0.25, 0.3) is 0 Å². The Labute approximate surface area is 92.2 Å². The van der Waals surface area contributed by atoms with Crippen LogP contribution in [0.5, 0.6) is 0 Å². The van der Waals surface area contributed by atoms with E-state index in [1.165, 1.54) is 0 Å². The second-order valence-electron chi connectivity index (χ2n) is 4.78. The van der Waals surface area contributed by atoms with Crippen LogP contribution in [0.2, 0.25) is 0 Å². The number of carbonyl (C=O) groups is 1. The fourth-order valence-electron chi connectivity index (χ4n) is 1.37. The third-order valence-corrected chi connectivity index (χ3v) is 2.28. The number of nitrogens with two attached hydrogens (primary N) is 1. The summed E-state index contributed by atoms with van der Waals surface area (Å²) in [5.41, 5.74) is 5.27. The number of hydrogen-bond acceptors (Lipinski definition) is 3. The molecule has 1 amide bonds. The maximum atomic E-state index is 11.5. The summed E-state index contributed by atoms with van der Waals surface area (Å²) in [6.45, 7) is 5.85. The second kappa shape index (κ2) is 6.80. The Morgan fingerprint density at radius 3 is 2.60 bits per heavy atom. The average Bonchev–Trinajstić information content (AvgIpc) is 2.01. The fraction of sp³-hybridized carbons (Fsp3) is 0.909. The second-order valence-corrected chi connectivity index (χ2v) is 4.78. The number of rotatable bonds is 7. The number of aliphatic hydroxyl groups excluding tert-OH is 1. The molecule has 15 heavy (non-hydrogen) atoms. The van der Waals surface area contributed by atoms with E-state index in [9.17, 15) is 4.79 Å². The molecule has 4 N–H and O–H groups in total. The first kappa shape index (κ1) is 14.4. The molecular weight excluding hydrogens is 192 g/mol. The smallest absolute Gasteiger partial charge is 0.220 e. The summed E-state index contributed by atoms with van der Waals surface area (Å²) in [6, 6.07) is 0.156. The van der Waals surface area contributed by atoms with Gasteiger partial charge in [-0.05, 0) is 40.0 Å². The van der Waals surface area contributed by atoms with E-state index < -0.39 is 0 Å². The topological polar surface area (TPSA) is 75.4 Å². The van der Waals surface area contributed by atoms with E-state index >= 15 is 0 Å². The number of nitrogens with one attached hydrogen (secondary N) is 1. The minimum atomic E-state index is -0.319. The highest BCUT2D eigenvalue weighted by Gasteiger charge is 2.19. The van der Waals surface area contributed by atoms with Crippen molar-refractivity contribution in [2.75, 3.05) is 6.61 Å². The van der Waals surface area contributed by atoms with Crippen molar-refractivity contribution in [2.45, 2.75) is 58.0 Å². The molecule has 0 aromatic heterocycles. The van der Waals surface area contributed by atoms with Gasteiger partial charge >= 0.3 is 0 Å². The third-order valence-electron chi connectivity index (χ3n) is 2.28. The van der Waals surface area contributed by atoms with Gasteiger partial charge in [-0.3, -0.25) is 4.79 Å². The van der Waals surface area contributed by atoms with Crippen LogP contribution in [-0.4, -0.2) is 29.2 Å². The van der Waals surface area contributed by atoms with Crippen LogP contribution >= 0.6 is 0 Å². The van der Waals surface area contributed by atoms with Crippen molar-refractivity contribution in [2.24, 2.45) is 5.73 Å². The number of hydrogen-bond donors (Lipinski definition) is 3. The SMILES string of the molecule is CC(N)CCCC(=O)NC(C)(C)CCO. The summed E-state index contributed by atoms with van der Waals surface area (Å²) < 4.78 is 0. The lowest BCUT2D eigenvalue weighted by atomic mass is 10.0. The summed E-state index contributed by atoms with van der Waals surface area (Å²) in [5, 5.41) is 11.7. The van der Waals surface area contributed by atoms with Gasteiger partial charge in [-0.15, -0.1) is 0 Å². The van der Waals surface area contributed by atoms with Crippen LogP contribution in [-0.2, 0) is 4.79 Å². The predicted octanol–water partition coefficient (Wildman–Crippen LogP) is 0.781. The van der Waals surface area contributed by atoms with Crippen molar-refractivity contribution in [1.29, 1.82) is 0 Å². The molecule has 0 saturated heterocycles. The first-order valence-corrected chi connectivity index (χ1v) is 5.55. The minimum absolute atomic E-state index is 0.0362. The molecule has 0 heterocycles. The molecular formula is C11H24N2O2. The van der Waals surface area contributed by atoms with Crippen LogP contribution in [0.1, 0.15) is 46.5 Å². The Balaban J connectivity index is 3.73. The number of amides is 1. The van der Waals surface area contributed by atoms with E-state index in [0.717, 1.165) is 12.8 Å². The zero-order valence-corrected chi connectivity index (χ0v) is 10.0. The highest BCUT2D eigenvalue weighted by molar-refractivity contribution is 5.76. The quantitative estimate of drug-likeness (QED) is 0.588. The van der Waals surface area contributed by atoms with Crippen LogP contribution < -0.4 is 11.1 Å². The maximum Gasteiger partial charge on any atom is 0.220 e. The lowest BCUT2D eigenvalue weighted by Gasteiger charge is -2.25. The Morgan fingerprint density at radius 2 is 2.13 bits per heavy atom. The van der Waals surface area contributed by atoms with Crippen LogP contribution in [0.15, 0.2) is 0 Å². The van der Waals surface area contributed by atoms with Crippen LogP contribution in [0.3, 0.4) is 0 Å². The lowest BCUT2D eigenvalue weighted by Crippen LogP contribution is -2.44. The zero-order valence-electron chi connectivity index (χ0n) is 10.0. The van der Waals surface area contributed by atoms with Gasteiger partial charge in [-0.1, -0.05) is 0 Å². The van der Waals surface area contributed by atoms with Crippen molar-refractivity contribution in [3.05, 3.63) is 0 Å². The van der Waals surface area contributed by atoms with Gasteiger partial charge in [0.1, 0.15) is 0 Å². The molecule has 0 radical (unpaired) electrons. The largest absolute Gasteiger partial charge is 0.396 e. The molecule has 0 aliphatic heterocycles. The highest BCUT2D eigenvalue weighted by Crippen LogP contribution is 2.08. The molecule has 90 valence electrons. The van der Waals surface area contributed by atoms with Gasteiger partial charge in [-0.25, -0.2) is 0 Å². The van der Waals surface area contributed by atoms with E-state index in [1.54, 1.807) is 0 Å². The summed E-state index contributed by atoms with van der Waals surface area (Å²) >= 11 is 0. The average molecular weight is 216 g/mol. The molecule has 4 heteroatoms. The Morgan fingerprint density at radius 1 is 1.53 bits per heavy atom. The summed E-state index contributed by atoms with van der Waals surface area (Å²) in [6.07, 6.45) is 2.77. The molecule has 0 aliphatic rings. The van der Waals surface area contributed by atoms with Crippen LogP contribution in [0, 0.1) is 0 Å². The van der Waals surface area contributed by atoms with Gasteiger partial charge < -0.3 is 16.2 Å². The summed E-state index contributed by atoms with van der Waals surface area (Å²) in [4.78, 5) is 11.5. The molecule has 4 nitrogen and oxygen atoms in total. The number of carbonyl (C=O) groups excluding carboxylic acids is 1. The standard InChI is InChI=1S/C11H24N2O2/c1-9(12)5-4-6-10(15)13-11(2,3)7-8-14/h9,14H,4-8,12H2,1-3H3,(H,13,15). The van der Waals surface area contributed by atoms with Crippen LogP contribution in [0.4, 0.5) is 0 Å². The monoisotopic (exact) mass is 216 g/mol. The van der Waals surface area contributed by atoms with Crippen LogP contribution in [0.25, 0.3) is 0 Å². The molecule has 0 aromatic carbocycles. The molecule has 0 rings (SSSR count). The van der Waals surface area contributed by atoms with E-state index in [1.807, 2.05) is 20.8 Å². The van der Waals surface area contributed by atoms with Crippen molar-refractivity contribution in [3.8, 4) is 0 Å². The first-order chi connectivity index (χ1) is 6.87. The fourth-order valence-corrected chi connectivity index (χ4v) is 1.37. The van der Waals surface area contributed by atoms with E-state index in [2.05, 4.69) is 5.32 Å². The molecule has 0 saturated carbocycles. The molecule has 0 bridgehead atoms. The zero-order chi connectivity index (χ0) is 11.9. The van der Waals surface area contributed by atoms with E-state index in [0.29, 0.717) is 12.8 Å². The summed E-state index contributed by atoms with van der Waals surface area (Å²) in [5.74, 6) is 0.0362. The Kier molecular flexibility index (Phi) is 6.52. The first-order valence-electron chi connectivity index (χ1n) is 5.55. The predicted molar refractivity (Wildman–Crippen MR) is 61.4 cm³/mol. The number of aliphatic hydroxyl groups is 1. The van der Waals surface area contributed by atoms with Crippen molar-refractivity contribution >= 4 is 5.91 Å². The summed E-state index contributed by atoms with van der Waals surface area (Å²) in [7, 11) is 0. The Bertz CT molecular complexity index is 191. The minimum Gasteiger partial charge on any atom is -0.396 e. The van der Waals surface area contributed by atoms with Crippen molar-refractivity contribution in [3.63, 3.8) is 0 Å². The molecule has 1 atom stereocenters. The maximum absolute atomic E-state index is 11.5. The van der Waals surface area contributed by atoms with E-state index in [4.69, 9.17) is 10.8 Å². The van der Waals surface area contributed by atoms with Gasteiger partial charge in [0.05, 0.1) is 0 Å². The van der Waals surface area contributed by atoms with Gasteiger partial charge in [0.15, 0.2) is 0 Å². The Hall–Kier alpha value is -0.610. The molecule has 0 aliphatic carbocycles. The molecule has 0 fully saturated rings. The molecule has 1 unspecified atom stereocenters. The van der Waals surface area contributed by atoms with Gasteiger partial charge in [0, 0.05) is 24.6 Å². The molecule has 0 aromatic rings. The van der Waals surface area contributed by atoms with E-state index in [-0.39, 0.29) is 24.1 Å². The van der Waals surface area contributed by atoms with Crippen molar-refractivity contribution in [1.82, 2.24) is 5.32 Å². The van der Waals surface area contributed by atoms with Crippen molar-refractivity contribution < 1.29 is 9.90 Å². The van der Waals surface area contributed by atoms with Gasteiger partial charge in [-0.2, -0.15) is 0 Å². The normalized spacial score (nSPS) is 13.7. The van der Waals surface area contributed by atoms with Gasteiger partial charge in [0.2, 0.25) is 5.91 Å². The molecule has 0 spiro atoms. The third kappa shape index (κ3) is 8.39. The highest BCUT2D eigenvalue weighted by atomic mass is 16.3. The lowest BCUT2D eigenvalue weighted by molar-refractivity contribution is -0.122.